The number of nitrogens with zero attached hydrogens (tertiary/aromatic N) is 2. The number of hydrogen-bond acceptors (Lipinski definition) is 5. The number of aryl methyl sites for hydroxylation is 1. The van der Waals surface area contributed by atoms with Crippen LogP contribution in [0.3, 0.4) is 0 Å². The van der Waals surface area contributed by atoms with Gasteiger partial charge in [0.2, 0.25) is 0 Å². The lowest BCUT2D eigenvalue weighted by molar-refractivity contribution is 0.0943. The second kappa shape index (κ2) is 8.47. The average Bonchev–Trinajstić information content (AvgIpc) is 2.40. The normalized spacial score (nSPS) is 10.7. The number of methoxy groups -OCH3 is 1. The first-order chi connectivity index (χ1) is 9.52. The first-order valence-electron chi connectivity index (χ1n) is 6.89. The number of aromatic nitrogens is 2. The molecule has 0 unspecified atom stereocenters. The van der Waals surface area contributed by atoms with Gasteiger partial charge in [-0.25, -0.2) is 9.97 Å². The van der Waals surface area contributed by atoms with Crippen molar-refractivity contribution in [1.82, 2.24) is 15.3 Å². The van der Waals surface area contributed by atoms with E-state index in [1.807, 2.05) is 13.8 Å². The van der Waals surface area contributed by atoms with Gasteiger partial charge in [-0.3, -0.25) is 4.79 Å². The van der Waals surface area contributed by atoms with Gasteiger partial charge in [-0.2, -0.15) is 0 Å². The van der Waals surface area contributed by atoms with Crippen LogP contribution in [-0.4, -0.2) is 42.7 Å². The highest BCUT2D eigenvalue weighted by Crippen LogP contribution is 2.07. The van der Waals surface area contributed by atoms with Gasteiger partial charge in [-0.1, -0.05) is 13.8 Å². The van der Waals surface area contributed by atoms with Gasteiger partial charge in [0.15, 0.2) is 0 Å². The quantitative estimate of drug-likeness (QED) is 0.708. The molecule has 0 radical (unpaired) electrons. The predicted octanol–water partition coefficient (Wildman–Crippen LogP) is 1.62. The Morgan fingerprint density at radius 3 is 2.80 bits per heavy atom. The predicted molar refractivity (Wildman–Crippen MR) is 78.9 cm³/mol. The summed E-state index contributed by atoms with van der Waals surface area (Å²) < 4.78 is 4.98. The molecule has 0 aliphatic carbocycles. The van der Waals surface area contributed by atoms with Crippen molar-refractivity contribution in [2.75, 3.05) is 32.1 Å². The summed E-state index contributed by atoms with van der Waals surface area (Å²) in [6.07, 6.45) is 0.883. The maximum Gasteiger partial charge on any atom is 0.270 e. The zero-order valence-electron chi connectivity index (χ0n) is 12.7. The lowest BCUT2D eigenvalue weighted by atomic mass is 10.2. The van der Waals surface area contributed by atoms with Gasteiger partial charge in [-0.15, -0.1) is 0 Å². The third kappa shape index (κ3) is 5.97. The molecule has 1 heterocycles. The van der Waals surface area contributed by atoms with Crippen molar-refractivity contribution in [2.45, 2.75) is 27.2 Å². The molecule has 6 nitrogen and oxygen atoms in total. The number of hydrogen-bond donors (Lipinski definition) is 2. The minimum Gasteiger partial charge on any atom is -0.385 e. The summed E-state index contributed by atoms with van der Waals surface area (Å²) in [6.45, 7) is 7.96. The van der Waals surface area contributed by atoms with Crippen LogP contribution >= 0.6 is 0 Å². The molecule has 0 aliphatic heterocycles. The van der Waals surface area contributed by atoms with Gasteiger partial charge >= 0.3 is 0 Å². The van der Waals surface area contributed by atoms with Gasteiger partial charge in [0, 0.05) is 32.9 Å². The van der Waals surface area contributed by atoms with Gasteiger partial charge in [-0.05, 0) is 19.3 Å². The Hall–Kier alpha value is -1.69. The highest BCUT2D eigenvalue weighted by atomic mass is 16.5. The summed E-state index contributed by atoms with van der Waals surface area (Å²) in [5.41, 5.74) is 0.396. The van der Waals surface area contributed by atoms with Crippen molar-refractivity contribution in [1.29, 1.82) is 0 Å². The topological polar surface area (TPSA) is 76.1 Å². The van der Waals surface area contributed by atoms with Crippen LogP contribution < -0.4 is 10.6 Å². The van der Waals surface area contributed by atoms with Crippen LogP contribution in [0, 0.1) is 12.8 Å². The van der Waals surface area contributed by atoms with Crippen LogP contribution in [0.5, 0.6) is 0 Å². The van der Waals surface area contributed by atoms with Crippen molar-refractivity contribution >= 4 is 11.7 Å². The third-order valence-corrected chi connectivity index (χ3v) is 2.57. The van der Waals surface area contributed by atoms with E-state index in [2.05, 4.69) is 20.6 Å². The van der Waals surface area contributed by atoms with Gasteiger partial charge in [0.1, 0.15) is 17.3 Å². The molecule has 1 rings (SSSR count). The molecule has 6 heteroatoms. The van der Waals surface area contributed by atoms with E-state index in [1.165, 1.54) is 0 Å². The summed E-state index contributed by atoms with van der Waals surface area (Å²) in [5, 5.41) is 6.02. The maximum absolute atomic E-state index is 12.0. The monoisotopic (exact) mass is 280 g/mol. The number of amides is 1. The Morgan fingerprint density at radius 1 is 1.40 bits per heavy atom. The van der Waals surface area contributed by atoms with Crippen LogP contribution in [0.4, 0.5) is 5.82 Å². The minimum atomic E-state index is -0.163. The molecule has 1 aromatic rings. The van der Waals surface area contributed by atoms with E-state index in [1.54, 1.807) is 20.1 Å². The first-order valence-corrected chi connectivity index (χ1v) is 6.89. The van der Waals surface area contributed by atoms with E-state index in [-0.39, 0.29) is 5.91 Å². The molecular formula is C14H24N4O2. The second-order valence-electron chi connectivity index (χ2n) is 5.06. The molecule has 2 N–H and O–H groups in total. The minimum absolute atomic E-state index is 0.163. The van der Waals surface area contributed by atoms with E-state index in [0.29, 0.717) is 36.4 Å². The van der Waals surface area contributed by atoms with E-state index < -0.39 is 0 Å². The number of nitrogens with one attached hydrogen (secondary N) is 2. The summed E-state index contributed by atoms with van der Waals surface area (Å²) in [5.74, 6) is 1.50. The number of ether oxygens (including phenoxy) is 1. The number of carbonyl (C=O) groups excluding carboxylic acids is 1. The van der Waals surface area contributed by atoms with Crippen molar-refractivity contribution in [2.24, 2.45) is 5.92 Å². The Bertz CT molecular complexity index is 435. The fourth-order valence-corrected chi connectivity index (χ4v) is 1.59. The van der Waals surface area contributed by atoms with Crippen molar-refractivity contribution in [3.8, 4) is 0 Å². The Morgan fingerprint density at radius 2 is 2.15 bits per heavy atom. The lowest BCUT2D eigenvalue weighted by Crippen LogP contribution is -2.28. The molecule has 1 amide bonds. The molecule has 1 aromatic heterocycles. The SMILES string of the molecule is COCCCNc1cc(C(=O)NCC(C)C)nc(C)n1. The molecule has 0 saturated carbocycles. The molecule has 0 aromatic carbocycles. The fraction of sp³-hybridized carbons (Fsp3) is 0.643. The van der Waals surface area contributed by atoms with E-state index >= 15 is 0 Å². The van der Waals surface area contributed by atoms with Crippen LogP contribution in [0.2, 0.25) is 0 Å². The Kier molecular flexibility index (Phi) is 6.93. The smallest absolute Gasteiger partial charge is 0.270 e. The van der Waals surface area contributed by atoms with Crippen molar-refractivity contribution in [3.05, 3.63) is 17.6 Å². The van der Waals surface area contributed by atoms with Gasteiger partial charge < -0.3 is 15.4 Å². The fourth-order valence-electron chi connectivity index (χ4n) is 1.59. The highest BCUT2D eigenvalue weighted by molar-refractivity contribution is 5.92. The average molecular weight is 280 g/mol. The number of anilines is 1. The van der Waals surface area contributed by atoms with Crippen LogP contribution in [-0.2, 0) is 4.74 Å². The third-order valence-electron chi connectivity index (χ3n) is 2.57. The first kappa shape index (κ1) is 16.4. The molecule has 0 saturated heterocycles. The zero-order valence-corrected chi connectivity index (χ0v) is 12.7. The van der Waals surface area contributed by atoms with Crippen LogP contribution in [0.15, 0.2) is 6.07 Å². The largest absolute Gasteiger partial charge is 0.385 e. The van der Waals surface area contributed by atoms with E-state index in [4.69, 9.17) is 4.74 Å². The maximum atomic E-state index is 12.0. The van der Waals surface area contributed by atoms with Crippen molar-refractivity contribution in [3.63, 3.8) is 0 Å². The summed E-state index contributed by atoms with van der Waals surface area (Å²) in [7, 11) is 1.67. The standard InChI is InChI=1S/C14H24N4O2/c1-10(2)9-16-14(19)12-8-13(18-11(3)17-12)15-6-5-7-20-4/h8,10H,5-7,9H2,1-4H3,(H,16,19)(H,15,17,18). The van der Waals surface area contributed by atoms with Crippen LogP contribution in [0.25, 0.3) is 0 Å². The summed E-state index contributed by atoms with van der Waals surface area (Å²) in [6, 6.07) is 1.68. The summed E-state index contributed by atoms with van der Waals surface area (Å²) >= 11 is 0. The number of rotatable bonds is 8. The molecule has 0 atom stereocenters. The summed E-state index contributed by atoms with van der Waals surface area (Å²) in [4.78, 5) is 20.4. The highest BCUT2D eigenvalue weighted by Gasteiger charge is 2.10. The Labute approximate surface area is 120 Å². The molecule has 0 aliphatic rings. The molecular weight excluding hydrogens is 256 g/mol. The van der Waals surface area contributed by atoms with E-state index in [0.717, 1.165) is 13.0 Å². The molecule has 0 bridgehead atoms. The van der Waals surface area contributed by atoms with Gasteiger partial charge in [0.05, 0.1) is 0 Å². The zero-order chi connectivity index (χ0) is 15.0. The Balaban J connectivity index is 2.63. The van der Waals surface area contributed by atoms with Crippen LogP contribution in [0.1, 0.15) is 36.6 Å². The molecule has 112 valence electrons. The van der Waals surface area contributed by atoms with Crippen molar-refractivity contribution < 1.29 is 9.53 Å². The number of carbonyl (C=O) groups is 1. The van der Waals surface area contributed by atoms with Gasteiger partial charge in [0.25, 0.3) is 5.91 Å². The van der Waals surface area contributed by atoms with E-state index in [9.17, 15) is 4.79 Å². The second-order valence-corrected chi connectivity index (χ2v) is 5.06. The molecule has 0 spiro atoms. The molecule has 0 fully saturated rings. The lowest BCUT2D eigenvalue weighted by Gasteiger charge is -2.10. The molecule has 20 heavy (non-hydrogen) atoms.